The highest BCUT2D eigenvalue weighted by Gasteiger charge is 2.25. The summed E-state index contributed by atoms with van der Waals surface area (Å²) >= 11 is 8.12. The first kappa shape index (κ1) is 20.0. The number of hydrogen-bond acceptors (Lipinski definition) is 3. The first-order chi connectivity index (χ1) is 12.6. The topological polar surface area (TPSA) is 32.3 Å². The fraction of sp³-hybridized carbons (Fsp3) is 0.650. The van der Waals surface area contributed by atoms with E-state index in [1.807, 2.05) is 11.8 Å². The van der Waals surface area contributed by atoms with Gasteiger partial charge in [0.25, 0.3) is 0 Å². The van der Waals surface area contributed by atoms with Gasteiger partial charge in [-0.1, -0.05) is 30.5 Å². The maximum absolute atomic E-state index is 13.9. The van der Waals surface area contributed by atoms with Crippen molar-refractivity contribution < 1.29 is 9.18 Å². The monoisotopic (exact) mass is 398 g/mol. The van der Waals surface area contributed by atoms with Crippen molar-refractivity contribution in [1.82, 2.24) is 10.2 Å². The van der Waals surface area contributed by atoms with E-state index < -0.39 is 0 Å². The van der Waals surface area contributed by atoms with Crippen molar-refractivity contribution in [2.75, 3.05) is 25.4 Å². The molecule has 0 aromatic heterocycles. The number of nitrogens with one attached hydrogen (secondary N) is 1. The zero-order valence-corrected chi connectivity index (χ0v) is 16.8. The number of rotatable bonds is 7. The number of benzene rings is 1. The van der Waals surface area contributed by atoms with Gasteiger partial charge in [0.15, 0.2) is 0 Å². The van der Waals surface area contributed by atoms with Gasteiger partial charge in [0.1, 0.15) is 5.82 Å². The number of piperidine rings is 1. The van der Waals surface area contributed by atoms with E-state index in [0.717, 1.165) is 43.5 Å². The zero-order chi connectivity index (χ0) is 18.4. The summed E-state index contributed by atoms with van der Waals surface area (Å²) in [5, 5.41) is 4.38. The van der Waals surface area contributed by atoms with Crippen molar-refractivity contribution in [3.05, 3.63) is 34.6 Å². The van der Waals surface area contributed by atoms with Crippen molar-refractivity contribution in [2.45, 2.75) is 50.3 Å². The number of carbonyl (C=O) groups excluding carboxylic acids is 1. The molecule has 26 heavy (non-hydrogen) atoms. The van der Waals surface area contributed by atoms with E-state index in [4.69, 9.17) is 11.6 Å². The second kappa shape index (κ2) is 9.95. The van der Waals surface area contributed by atoms with E-state index >= 15 is 0 Å². The molecule has 1 amide bonds. The van der Waals surface area contributed by atoms with Gasteiger partial charge >= 0.3 is 0 Å². The minimum Gasteiger partial charge on any atom is -0.355 e. The molecule has 1 saturated heterocycles. The molecule has 1 aliphatic heterocycles. The summed E-state index contributed by atoms with van der Waals surface area (Å²) in [7, 11) is 0. The first-order valence-corrected chi connectivity index (χ1v) is 11.1. The summed E-state index contributed by atoms with van der Waals surface area (Å²) in [4.78, 5) is 14.5. The lowest BCUT2D eigenvalue weighted by Gasteiger charge is -2.31. The Kier molecular flexibility index (Phi) is 7.64. The molecule has 6 heteroatoms. The smallest absolute Gasteiger partial charge is 0.223 e. The largest absolute Gasteiger partial charge is 0.355 e. The molecule has 0 unspecified atom stereocenters. The molecule has 1 N–H and O–H groups in total. The number of thioether (sulfide) groups is 1. The van der Waals surface area contributed by atoms with Gasteiger partial charge < -0.3 is 5.32 Å². The maximum Gasteiger partial charge on any atom is 0.223 e. The van der Waals surface area contributed by atoms with Crippen LogP contribution in [-0.4, -0.2) is 41.4 Å². The fourth-order valence-electron chi connectivity index (χ4n) is 3.86. The van der Waals surface area contributed by atoms with E-state index in [1.165, 1.54) is 31.7 Å². The molecule has 1 heterocycles. The second-order valence-corrected chi connectivity index (χ2v) is 9.13. The molecule has 1 saturated carbocycles. The number of halogens is 2. The van der Waals surface area contributed by atoms with Gasteiger partial charge in [-0.15, -0.1) is 0 Å². The van der Waals surface area contributed by atoms with Crippen LogP contribution in [0.25, 0.3) is 0 Å². The predicted octanol–water partition coefficient (Wildman–Crippen LogP) is 4.48. The average Bonchev–Trinajstić information content (AvgIpc) is 3.16. The SMILES string of the molecule is O=C(NCCSC1CCCC1)C1CCN(Cc2c(F)cccc2Cl)CC1. The molecule has 144 valence electrons. The molecule has 0 atom stereocenters. The second-order valence-electron chi connectivity index (χ2n) is 7.32. The average molecular weight is 399 g/mol. The van der Waals surface area contributed by atoms with E-state index in [1.54, 1.807) is 12.1 Å². The lowest BCUT2D eigenvalue weighted by atomic mass is 9.95. The van der Waals surface area contributed by atoms with E-state index in [9.17, 15) is 9.18 Å². The molecule has 0 spiro atoms. The molecule has 2 fully saturated rings. The minimum atomic E-state index is -0.253. The fourth-order valence-corrected chi connectivity index (χ4v) is 5.30. The van der Waals surface area contributed by atoms with Crippen molar-refractivity contribution in [2.24, 2.45) is 5.92 Å². The van der Waals surface area contributed by atoms with Crippen LogP contribution in [-0.2, 0) is 11.3 Å². The third-order valence-electron chi connectivity index (χ3n) is 5.46. The molecule has 1 aromatic carbocycles. The molecule has 3 nitrogen and oxygen atoms in total. The summed E-state index contributed by atoms with van der Waals surface area (Å²) in [6.07, 6.45) is 7.05. The van der Waals surface area contributed by atoms with Crippen molar-refractivity contribution >= 4 is 29.3 Å². The summed E-state index contributed by atoms with van der Waals surface area (Å²) in [5.74, 6) is 1.03. The van der Waals surface area contributed by atoms with Crippen LogP contribution in [0.3, 0.4) is 0 Å². The highest BCUT2D eigenvalue weighted by Crippen LogP contribution is 2.29. The minimum absolute atomic E-state index is 0.0822. The lowest BCUT2D eigenvalue weighted by Crippen LogP contribution is -2.40. The predicted molar refractivity (Wildman–Crippen MR) is 107 cm³/mol. The van der Waals surface area contributed by atoms with Gasteiger partial charge in [-0.05, 0) is 50.9 Å². The van der Waals surface area contributed by atoms with Crippen LogP contribution in [0.15, 0.2) is 18.2 Å². The van der Waals surface area contributed by atoms with Gasteiger partial charge in [-0.25, -0.2) is 4.39 Å². The highest BCUT2D eigenvalue weighted by molar-refractivity contribution is 7.99. The summed E-state index contributed by atoms with van der Waals surface area (Å²) in [6.45, 7) is 2.89. The van der Waals surface area contributed by atoms with Crippen LogP contribution in [0.5, 0.6) is 0 Å². The van der Waals surface area contributed by atoms with Gasteiger partial charge in [0.05, 0.1) is 0 Å². The Morgan fingerprint density at radius 1 is 1.23 bits per heavy atom. The van der Waals surface area contributed by atoms with Crippen molar-refractivity contribution in [3.8, 4) is 0 Å². The van der Waals surface area contributed by atoms with Crippen LogP contribution in [0.4, 0.5) is 4.39 Å². The standard InChI is InChI=1S/C20H28ClFN2OS/c21-18-6-3-7-19(22)17(18)14-24-11-8-15(9-12-24)20(25)23-10-13-26-16-4-1-2-5-16/h3,6-7,15-16H,1-2,4-5,8-14H2,(H,23,25). The first-order valence-electron chi connectivity index (χ1n) is 9.68. The Morgan fingerprint density at radius 2 is 1.96 bits per heavy atom. The summed E-state index contributed by atoms with van der Waals surface area (Å²) in [6, 6.07) is 4.80. The quantitative estimate of drug-likeness (QED) is 0.687. The van der Waals surface area contributed by atoms with E-state index in [0.29, 0.717) is 17.1 Å². The van der Waals surface area contributed by atoms with Crippen LogP contribution in [0, 0.1) is 11.7 Å². The van der Waals surface area contributed by atoms with Gasteiger partial charge in [-0.3, -0.25) is 9.69 Å². The highest BCUT2D eigenvalue weighted by atomic mass is 35.5. The number of amides is 1. The molecule has 3 rings (SSSR count). The number of nitrogens with zero attached hydrogens (tertiary/aromatic N) is 1. The molecule has 2 aliphatic rings. The van der Waals surface area contributed by atoms with Crippen molar-refractivity contribution in [1.29, 1.82) is 0 Å². The van der Waals surface area contributed by atoms with Crippen LogP contribution < -0.4 is 5.32 Å². The third-order valence-corrected chi connectivity index (χ3v) is 7.20. The van der Waals surface area contributed by atoms with Crippen LogP contribution >= 0.6 is 23.4 Å². The lowest BCUT2D eigenvalue weighted by molar-refractivity contribution is -0.126. The van der Waals surface area contributed by atoms with Gasteiger partial charge in [0.2, 0.25) is 5.91 Å². The van der Waals surface area contributed by atoms with Crippen LogP contribution in [0.1, 0.15) is 44.1 Å². The number of likely N-dealkylation sites (tertiary alicyclic amines) is 1. The third kappa shape index (κ3) is 5.61. The Balaban J connectivity index is 1.35. The van der Waals surface area contributed by atoms with E-state index in [-0.39, 0.29) is 17.6 Å². The molecule has 0 radical (unpaired) electrons. The molecular formula is C20H28ClFN2OS. The van der Waals surface area contributed by atoms with Crippen molar-refractivity contribution in [3.63, 3.8) is 0 Å². The number of hydrogen-bond donors (Lipinski definition) is 1. The molecule has 0 bridgehead atoms. The molecule has 1 aliphatic carbocycles. The zero-order valence-electron chi connectivity index (χ0n) is 15.2. The summed E-state index contributed by atoms with van der Waals surface area (Å²) in [5.41, 5.74) is 0.556. The van der Waals surface area contributed by atoms with Gasteiger partial charge in [-0.2, -0.15) is 11.8 Å². The maximum atomic E-state index is 13.9. The summed E-state index contributed by atoms with van der Waals surface area (Å²) < 4.78 is 13.9. The van der Waals surface area contributed by atoms with Crippen LogP contribution in [0.2, 0.25) is 5.02 Å². The molecule has 1 aromatic rings. The van der Waals surface area contributed by atoms with E-state index in [2.05, 4.69) is 10.2 Å². The number of carbonyl (C=O) groups is 1. The van der Waals surface area contributed by atoms with Gasteiger partial charge in [0, 0.05) is 40.6 Å². The Morgan fingerprint density at radius 3 is 2.65 bits per heavy atom. The Bertz CT molecular complexity index is 581. The Hall–Kier alpha value is -0.780. The Labute approximate surface area is 165 Å². The normalized spacial score (nSPS) is 19.8. The molecular weight excluding hydrogens is 371 g/mol.